The van der Waals surface area contributed by atoms with Crippen molar-refractivity contribution in [2.75, 3.05) is 13.2 Å². The molecule has 0 spiro atoms. The summed E-state index contributed by atoms with van der Waals surface area (Å²) in [6.07, 6.45) is 0. The zero-order chi connectivity index (χ0) is 8.69. The molecule has 0 aromatic rings. The quantitative estimate of drug-likeness (QED) is 0.471. The van der Waals surface area contributed by atoms with Crippen LogP contribution in [0.1, 0.15) is 0 Å². The van der Waals surface area contributed by atoms with Crippen molar-refractivity contribution < 1.29 is 15.0 Å². The topological polar surface area (TPSA) is 69.6 Å². The fourth-order valence-electron chi connectivity index (χ4n) is 0.438. The summed E-state index contributed by atoms with van der Waals surface area (Å²) in [6, 6.07) is -0.910. The van der Waals surface area contributed by atoms with Crippen LogP contribution in [-0.2, 0) is 4.79 Å². The molecule has 0 unspecified atom stereocenters. The van der Waals surface area contributed by atoms with Crippen molar-refractivity contribution in [1.82, 2.24) is 5.32 Å². The number of aliphatic hydroxyl groups excluding tert-OH is 1. The zero-order valence-electron chi connectivity index (χ0n) is 5.67. The molecule has 0 saturated carbocycles. The molecule has 0 bridgehead atoms. The van der Waals surface area contributed by atoms with Crippen molar-refractivity contribution in [3.05, 3.63) is 0 Å². The second kappa shape index (κ2) is 6.39. The highest BCUT2D eigenvalue weighted by Gasteiger charge is 2.13. The second-order valence-electron chi connectivity index (χ2n) is 1.73. The predicted octanol–water partition coefficient (Wildman–Crippen LogP) is -0.583. The molecule has 0 aliphatic heterocycles. The molecule has 0 rings (SSSR count). The van der Waals surface area contributed by atoms with E-state index in [0.717, 1.165) is 0 Å². The minimum absolute atomic E-state index is 0.278. The number of halogens is 1. The zero-order valence-corrected chi connectivity index (χ0v) is 7.83. The second-order valence-corrected chi connectivity index (χ2v) is 2.26. The third-order valence-corrected chi connectivity index (χ3v) is 1.37. The molecule has 11 heavy (non-hydrogen) atoms. The van der Waals surface area contributed by atoms with Crippen molar-refractivity contribution in [3.63, 3.8) is 0 Å². The molecule has 3 N–H and O–H groups in total. The number of aliphatic hydroxyl groups is 1. The van der Waals surface area contributed by atoms with Crippen LogP contribution >= 0.6 is 22.6 Å². The van der Waals surface area contributed by atoms with Gasteiger partial charge in [-0.25, -0.2) is 0 Å². The Morgan fingerprint density at radius 1 is 1.73 bits per heavy atom. The number of carboxylic acids is 1. The SMILES string of the molecule is O=C(O)[C@H](CO)NCC#CI. The van der Waals surface area contributed by atoms with Gasteiger partial charge in [0, 0.05) is 22.6 Å². The van der Waals surface area contributed by atoms with Crippen LogP contribution in [0.2, 0.25) is 0 Å². The van der Waals surface area contributed by atoms with Crippen LogP contribution in [0, 0.1) is 9.85 Å². The van der Waals surface area contributed by atoms with Gasteiger partial charge in [0.1, 0.15) is 6.04 Å². The maximum atomic E-state index is 10.3. The molecule has 0 amide bonds. The van der Waals surface area contributed by atoms with E-state index in [-0.39, 0.29) is 6.54 Å². The van der Waals surface area contributed by atoms with Gasteiger partial charge in [-0.05, 0) is 3.93 Å². The van der Waals surface area contributed by atoms with E-state index in [9.17, 15) is 4.79 Å². The van der Waals surface area contributed by atoms with Crippen molar-refractivity contribution in [3.8, 4) is 9.85 Å². The monoisotopic (exact) mass is 269 g/mol. The van der Waals surface area contributed by atoms with Gasteiger partial charge in [0.05, 0.1) is 13.2 Å². The summed E-state index contributed by atoms with van der Waals surface area (Å²) in [5.74, 6) is 1.55. The Labute approximate surface area is 78.1 Å². The smallest absolute Gasteiger partial charge is 0.323 e. The fourth-order valence-corrected chi connectivity index (χ4v) is 0.628. The van der Waals surface area contributed by atoms with Crippen molar-refractivity contribution in [2.24, 2.45) is 0 Å². The van der Waals surface area contributed by atoms with Crippen molar-refractivity contribution >= 4 is 28.6 Å². The van der Waals surface area contributed by atoms with Crippen LogP contribution in [-0.4, -0.2) is 35.4 Å². The maximum absolute atomic E-state index is 10.3. The summed E-state index contributed by atoms with van der Waals surface area (Å²) in [5.41, 5.74) is 0. The summed E-state index contributed by atoms with van der Waals surface area (Å²) in [7, 11) is 0. The Morgan fingerprint density at radius 2 is 2.36 bits per heavy atom. The molecule has 62 valence electrons. The molecule has 5 heteroatoms. The van der Waals surface area contributed by atoms with Crippen LogP contribution in [0.5, 0.6) is 0 Å². The molecule has 0 aromatic carbocycles. The molecule has 1 atom stereocenters. The first-order valence-electron chi connectivity index (χ1n) is 2.88. The van der Waals surface area contributed by atoms with Gasteiger partial charge in [0.2, 0.25) is 0 Å². The first-order chi connectivity index (χ1) is 5.22. The Bertz CT molecular complexity index is 184. The summed E-state index contributed by atoms with van der Waals surface area (Å²) in [5, 5.41) is 19.4. The molecule has 0 saturated heterocycles. The molecule has 0 heterocycles. The van der Waals surface area contributed by atoms with Crippen molar-refractivity contribution in [1.29, 1.82) is 0 Å². The Morgan fingerprint density at radius 3 is 2.73 bits per heavy atom. The predicted molar refractivity (Wildman–Crippen MR) is 48.3 cm³/mol. The Hall–Kier alpha value is -0.320. The molecular formula is C6H8INO3. The molecule has 4 nitrogen and oxygen atoms in total. The average Bonchev–Trinajstić information content (AvgIpc) is 1.97. The van der Waals surface area contributed by atoms with E-state index < -0.39 is 18.6 Å². The third-order valence-electron chi connectivity index (χ3n) is 0.984. The van der Waals surface area contributed by atoms with Crippen molar-refractivity contribution in [2.45, 2.75) is 6.04 Å². The highest BCUT2D eigenvalue weighted by Crippen LogP contribution is 1.80. The standard InChI is InChI=1S/C6H8INO3/c7-2-1-3-8-5(4-9)6(10)11/h5,8-9H,3-4H2,(H,10,11)/t5-/m0/s1. The Kier molecular flexibility index (Phi) is 6.21. The molecular weight excluding hydrogens is 261 g/mol. The fraction of sp³-hybridized carbons (Fsp3) is 0.500. The Balaban J connectivity index is 3.67. The van der Waals surface area contributed by atoms with Gasteiger partial charge in [-0.15, -0.1) is 0 Å². The van der Waals surface area contributed by atoms with E-state index in [2.05, 4.69) is 15.2 Å². The molecule has 0 aromatic heterocycles. The summed E-state index contributed by atoms with van der Waals surface area (Å²) >= 11 is 1.85. The number of carboxylic acid groups (broad SMARTS) is 1. The van der Waals surface area contributed by atoms with E-state index >= 15 is 0 Å². The van der Waals surface area contributed by atoms with Crippen LogP contribution in [0.25, 0.3) is 0 Å². The summed E-state index contributed by atoms with van der Waals surface area (Å²) < 4.78 is 2.57. The lowest BCUT2D eigenvalue weighted by molar-refractivity contribution is -0.140. The van der Waals surface area contributed by atoms with Gasteiger partial charge >= 0.3 is 5.97 Å². The van der Waals surface area contributed by atoms with E-state index in [1.807, 2.05) is 22.6 Å². The van der Waals surface area contributed by atoms with Crippen LogP contribution in [0.4, 0.5) is 0 Å². The number of carbonyl (C=O) groups is 1. The molecule has 0 fully saturated rings. The van der Waals surface area contributed by atoms with Gasteiger partial charge < -0.3 is 10.2 Å². The van der Waals surface area contributed by atoms with Gasteiger partial charge in [0.25, 0.3) is 0 Å². The molecule has 0 aliphatic carbocycles. The molecule has 0 radical (unpaired) electrons. The largest absolute Gasteiger partial charge is 0.480 e. The van der Waals surface area contributed by atoms with E-state index in [0.29, 0.717) is 0 Å². The number of hydrogen-bond acceptors (Lipinski definition) is 3. The van der Waals surface area contributed by atoms with E-state index in [1.165, 1.54) is 0 Å². The summed E-state index contributed by atoms with van der Waals surface area (Å²) in [4.78, 5) is 10.3. The normalized spacial score (nSPS) is 11.5. The maximum Gasteiger partial charge on any atom is 0.323 e. The van der Waals surface area contributed by atoms with Gasteiger partial charge in [-0.1, -0.05) is 5.92 Å². The number of aliphatic carboxylic acids is 1. The van der Waals surface area contributed by atoms with Crippen LogP contribution < -0.4 is 5.32 Å². The lowest BCUT2D eigenvalue weighted by atomic mass is 10.3. The third kappa shape index (κ3) is 5.01. The molecule has 0 aliphatic rings. The van der Waals surface area contributed by atoms with Crippen LogP contribution in [0.3, 0.4) is 0 Å². The summed E-state index contributed by atoms with van der Waals surface area (Å²) in [6.45, 7) is -0.140. The average molecular weight is 269 g/mol. The number of rotatable bonds is 4. The first-order valence-corrected chi connectivity index (χ1v) is 3.95. The van der Waals surface area contributed by atoms with E-state index in [1.54, 1.807) is 0 Å². The lowest BCUT2D eigenvalue weighted by Crippen LogP contribution is -2.39. The van der Waals surface area contributed by atoms with Gasteiger partial charge in [0.15, 0.2) is 0 Å². The number of nitrogens with one attached hydrogen (secondary N) is 1. The highest BCUT2D eigenvalue weighted by molar-refractivity contribution is 14.1. The number of hydrogen-bond donors (Lipinski definition) is 3. The van der Waals surface area contributed by atoms with E-state index in [4.69, 9.17) is 10.2 Å². The highest BCUT2D eigenvalue weighted by atomic mass is 127. The van der Waals surface area contributed by atoms with Gasteiger partial charge in [-0.2, -0.15) is 0 Å². The van der Waals surface area contributed by atoms with Gasteiger partial charge in [-0.3, -0.25) is 10.1 Å². The minimum Gasteiger partial charge on any atom is -0.480 e. The first kappa shape index (κ1) is 10.7. The van der Waals surface area contributed by atoms with Crippen LogP contribution in [0.15, 0.2) is 0 Å². The minimum atomic E-state index is -1.07. The lowest BCUT2D eigenvalue weighted by Gasteiger charge is -2.07.